The van der Waals surface area contributed by atoms with E-state index in [2.05, 4.69) is 27.3 Å². The predicted octanol–water partition coefficient (Wildman–Crippen LogP) is 4.34. The zero-order valence-electron chi connectivity index (χ0n) is 13.5. The second-order valence-electron chi connectivity index (χ2n) is 5.32. The number of nitrogens with one attached hydrogen (secondary N) is 1. The lowest BCUT2D eigenvalue weighted by Gasteiger charge is -2.10. The smallest absolute Gasteiger partial charge is 0.255 e. The fraction of sp³-hybridized carbons (Fsp3) is 0.278. The molecule has 0 heterocycles. The van der Waals surface area contributed by atoms with Crippen LogP contribution in [0.4, 0.5) is 5.69 Å². The van der Waals surface area contributed by atoms with Gasteiger partial charge in [0.1, 0.15) is 12.4 Å². The van der Waals surface area contributed by atoms with Crippen molar-refractivity contribution in [1.29, 1.82) is 0 Å². The first-order valence-corrected chi connectivity index (χ1v) is 8.10. The summed E-state index contributed by atoms with van der Waals surface area (Å²) in [5, 5.41) is 2.92. The van der Waals surface area contributed by atoms with Gasteiger partial charge in [-0.05, 0) is 71.2 Å². The quantitative estimate of drug-likeness (QED) is 0.761. The Morgan fingerprint density at radius 1 is 1.09 bits per heavy atom. The highest BCUT2D eigenvalue weighted by molar-refractivity contribution is 9.10. The van der Waals surface area contributed by atoms with Crippen LogP contribution in [0.15, 0.2) is 40.9 Å². The van der Waals surface area contributed by atoms with Gasteiger partial charge in [0.25, 0.3) is 5.91 Å². The largest absolute Gasteiger partial charge is 0.490 e. The first kappa shape index (κ1) is 17.5. The van der Waals surface area contributed by atoms with Crippen LogP contribution in [-0.2, 0) is 4.74 Å². The standard InChI is InChI=1S/C18H20BrNO3/c1-12-8-13(2)10-15(9-12)20-18(21)14-4-5-17(16(19)11-14)23-7-6-22-3/h4-5,8-11H,6-7H2,1-3H3,(H,20,21). The van der Waals surface area contributed by atoms with Crippen molar-refractivity contribution in [2.75, 3.05) is 25.6 Å². The van der Waals surface area contributed by atoms with E-state index >= 15 is 0 Å². The second kappa shape index (κ2) is 8.13. The van der Waals surface area contributed by atoms with E-state index in [0.29, 0.717) is 24.5 Å². The van der Waals surface area contributed by atoms with E-state index < -0.39 is 0 Å². The molecule has 0 aliphatic carbocycles. The van der Waals surface area contributed by atoms with Crippen LogP contribution in [0.5, 0.6) is 5.75 Å². The number of halogens is 1. The SMILES string of the molecule is COCCOc1ccc(C(=O)Nc2cc(C)cc(C)c2)cc1Br. The van der Waals surface area contributed by atoms with E-state index in [4.69, 9.17) is 9.47 Å². The monoisotopic (exact) mass is 377 g/mol. The van der Waals surface area contributed by atoms with E-state index in [1.807, 2.05) is 26.0 Å². The molecule has 0 saturated carbocycles. The van der Waals surface area contributed by atoms with Gasteiger partial charge in [0.15, 0.2) is 0 Å². The lowest BCUT2D eigenvalue weighted by Crippen LogP contribution is -2.12. The maximum absolute atomic E-state index is 12.4. The van der Waals surface area contributed by atoms with Crippen LogP contribution in [0.3, 0.4) is 0 Å². The van der Waals surface area contributed by atoms with Crippen LogP contribution in [0.25, 0.3) is 0 Å². The van der Waals surface area contributed by atoms with E-state index in [9.17, 15) is 4.79 Å². The van der Waals surface area contributed by atoms with Gasteiger partial charge in [-0.3, -0.25) is 4.79 Å². The molecule has 5 heteroatoms. The van der Waals surface area contributed by atoms with Gasteiger partial charge in [0.05, 0.1) is 11.1 Å². The topological polar surface area (TPSA) is 47.6 Å². The Morgan fingerprint density at radius 3 is 2.39 bits per heavy atom. The van der Waals surface area contributed by atoms with Gasteiger partial charge >= 0.3 is 0 Å². The maximum atomic E-state index is 12.4. The molecule has 0 aromatic heterocycles. The molecular formula is C18H20BrNO3. The number of hydrogen-bond acceptors (Lipinski definition) is 3. The molecule has 2 aromatic rings. The van der Waals surface area contributed by atoms with E-state index in [0.717, 1.165) is 21.3 Å². The molecule has 4 nitrogen and oxygen atoms in total. The third kappa shape index (κ3) is 5.08. The number of hydrogen-bond donors (Lipinski definition) is 1. The lowest BCUT2D eigenvalue weighted by atomic mass is 10.1. The molecule has 2 aromatic carbocycles. The van der Waals surface area contributed by atoms with Crippen molar-refractivity contribution in [3.63, 3.8) is 0 Å². The summed E-state index contributed by atoms with van der Waals surface area (Å²) in [6, 6.07) is 11.2. The summed E-state index contributed by atoms with van der Waals surface area (Å²) in [5.41, 5.74) is 3.59. The number of carbonyl (C=O) groups excluding carboxylic acids is 1. The highest BCUT2D eigenvalue weighted by Gasteiger charge is 2.10. The van der Waals surface area contributed by atoms with Gasteiger partial charge < -0.3 is 14.8 Å². The number of anilines is 1. The number of ether oxygens (including phenoxy) is 2. The third-order valence-corrected chi connectivity index (χ3v) is 3.84. The van der Waals surface area contributed by atoms with Crippen LogP contribution in [0.2, 0.25) is 0 Å². The average Bonchev–Trinajstić information content (AvgIpc) is 2.48. The summed E-state index contributed by atoms with van der Waals surface area (Å²) in [7, 11) is 1.62. The molecule has 1 amide bonds. The van der Waals surface area contributed by atoms with Gasteiger partial charge in [-0.15, -0.1) is 0 Å². The predicted molar refractivity (Wildman–Crippen MR) is 95.4 cm³/mol. The zero-order valence-corrected chi connectivity index (χ0v) is 15.1. The van der Waals surface area contributed by atoms with Crippen molar-refractivity contribution in [3.8, 4) is 5.75 Å². The van der Waals surface area contributed by atoms with Crippen molar-refractivity contribution in [2.24, 2.45) is 0 Å². The highest BCUT2D eigenvalue weighted by atomic mass is 79.9. The third-order valence-electron chi connectivity index (χ3n) is 3.22. The number of benzene rings is 2. The highest BCUT2D eigenvalue weighted by Crippen LogP contribution is 2.26. The Hall–Kier alpha value is -1.85. The summed E-state index contributed by atoms with van der Waals surface area (Å²) in [6.45, 7) is 4.99. The molecule has 0 spiro atoms. The minimum atomic E-state index is -0.154. The molecule has 0 aliphatic rings. The Bertz CT molecular complexity index is 680. The molecule has 0 aliphatic heterocycles. The van der Waals surface area contributed by atoms with Crippen molar-refractivity contribution in [2.45, 2.75) is 13.8 Å². The van der Waals surface area contributed by atoms with E-state index in [1.165, 1.54) is 0 Å². The van der Waals surface area contributed by atoms with Gasteiger partial charge in [-0.1, -0.05) is 6.07 Å². The number of methoxy groups -OCH3 is 1. The summed E-state index contributed by atoms with van der Waals surface area (Å²) < 4.78 is 11.2. The van der Waals surface area contributed by atoms with Crippen molar-refractivity contribution < 1.29 is 14.3 Å². The molecule has 0 fully saturated rings. The van der Waals surface area contributed by atoms with Crippen LogP contribution in [0.1, 0.15) is 21.5 Å². The fourth-order valence-electron chi connectivity index (χ4n) is 2.24. The molecule has 0 saturated heterocycles. The number of aryl methyl sites for hydroxylation is 2. The van der Waals surface area contributed by atoms with Gasteiger partial charge in [0, 0.05) is 18.4 Å². The van der Waals surface area contributed by atoms with Crippen LogP contribution < -0.4 is 10.1 Å². The number of rotatable bonds is 6. The molecule has 23 heavy (non-hydrogen) atoms. The van der Waals surface area contributed by atoms with E-state index in [1.54, 1.807) is 25.3 Å². The Kier molecular flexibility index (Phi) is 6.19. The van der Waals surface area contributed by atoms with Gasteiger partial charge in [0.2, 0.25) is 0 Å². The average molecular weight is 378 g/mol. The molecule has 1 N–H and O–H groups in total. The maximum Gasteiger partial charge on any atom is 0.255 e. The summed E-state index contributed by atoms with van der Waals surface area (Å²) in [5.74, 6) is 0.532. The Balaban J connectivity index is 2.08. The number of carbonyl (C=O) groups is 1. The zero-order chi connectivity index (χ0) is 16.8. The Labute approximate surface area is 144 Å². The minimum Gasteiger partial charge on any atom is -0.490 e. The number of amides is 1. The first-order chi connectivity index (χ1) is 11.0. The van der Waals surface area contributed by atoms with Gasteiger partial charge in [-0.25, -0.2) is 0 Å². The van der Waals surface area contributed by atoms with Crippen molar-refractivity contribution in [1.82, 2.24) is 0 Å². The molecule has 0 bridgehead atoms. The Morgan fingerprint density at radius 2 is 1.78 bits per heavy atom. The minimum absolute atomic E-state index is 0.154. The molecular weight excluding hydrogens is 358 g/mol. The normalized spacial score (nSPS) is 10.4. The van der Waals surface area contributed by atoms with Crippen molar-refractivity contribution >= 4 is 27.5 Å². The summed E-state index contributed by atoms with van der Waals surface area (Å²) in [6.07, 6.45) is 0. The fourth-order valence-corrected chi connectivity index (χ4v) is 2.74. The lowest BCUT2D eigenvalue weighted by molar-refractivity contribution is 0.102. The van der Waals surface area contributed by atoms with Crippen molar-refractivity contribution in [3.05, 3.63) is 57.6 Å². The molecule has 0 atom stereocenters. The molecule has 0 unspecified atom stereocenters. The summed E-state index contributed by atoms with van der Waals surface area (Å²) in [4.78, 5) is 12.4. The van der Waals surface area contributed by atoms with E-state index in [-0.39, 0.29) is 5.91 Å². The summed E-state index contributed by atoms with van der Waals surface area (Å²) >= 11 is 3.43. The first-order valence-electron chi connectivity index (χ1n) is 7.30. The molecule has 0 radical (unpaired) electrons. The van der Waals surface area contributed by atoms with Crippen LogP contribution in [-0.4, -0.2) is 26.2 Å². The molecule has 122 valence electrons. The van der Waals surface area contributed by atoms with Crippen LogP contribution >= 0.6 is 15.9 Å². The van der Waals surface area contributed by atoms with Crippen LogP contribution in [0, 0.1) is 13.8 Å². The van der Waals surface area contributed by atoms with Gasteiger partial charge in [-0.2, -0.15) is 0 Å². The molecule has 2 rings (SSSR count). The second-order valence-corrected chi connectivity index (χ2v) is 6.17.